The van der Waals surface area contributed by atoms with E-state index in [4.69, 9.17) is 14.9 Å². The van der Waals surface area contributed by atoms with E-state index in [1.165, 1.54) is 0 Å². The fraction of sp³-hybridized carbons (Fsp3) is 0.818. The molecule has 0 bridgehead atoms. The summed E-state index contributed by atoms with van der Waals surface area (Å²) in [5.41, 5.74) is -0.486. The molecule has 2 N–H and O–H groups in total. The zero-order chi connectivity index (χ0) is 13.2. The smallest absolute Gasteiger partial charge is 0.408 e. The monoisotopic (exact) mass is 245 g/mol. The average molecular weight is 245 g/mol. The molecule has 0 aliphatic carbocycles. The minimum absolute atomic E-state index is 0.246. The summed E-state index contributed by atoms with van der Waals surface area (Å²) in [7, 11) is 0. The van der Waals surface area contributed by atoms with Gasteiger partial charge in [-0.3, -0.25) is 4.90 Å². The van der Waals surface area contributed by atoms with Gasteiger partial charge in [-0.05, 0) is 33.6 Å². The zero-order valence-corrected chi connectivity index (χ0v) is 10.3. The Morgan fingerprint density at radius 2 is 1.88 bits per heavy atom. The van der Waals surface area contributed by atoms with Gasteiger partial charge in [-0.15, -0.1) is 0 Å². The van der Waals surface area contributed by atoms with Crippen LogP contribution in [0.1, 0.15) is 33.6 Å². The molecule has 0 aromatic carbocycles. The lowest BCUT2D eigenvalue weighted by Crippen LogP contribution is -2.56. The summed E-state index contributed by atoms with van der Waals surface area (Å²) >= 11 is 0. The number of carbonyl (C=O) groups is 2. The maximum Gasteiger partial charge on any atom is 0.408 e. The van der Waals surface area contributed by atoms with Crippen molar-refractivity contribution in [2.75, 3.05) is 6.54 Å². The van der Waals surface area contributed by atoms with Crippen LogP contribution >= 0.6 is 0 Å². The molecule has 6 nitrogen and oxygen atoms in total. The third-order valence-corrected chi connectivity index (χ3v) is 2.58. The van der Waals surface area contributed by atoms with Crippen molar-refractivity contribution in [2.45, 2.75) is 51.4 Å². The Bertz CT molecular complexity index is 309. The SMILES string of the molecule is CC(C)(C)O[C@H]1CCCN(C(=O)O)[C@H]1C(=O)O. The minimum atomic E-state index is -1.21. The van der Waals surface area contributed by atoms with E-state index in [9.17, 15) is 9.59 Å². The molecule has 98 valence electrons. The Balaban J connectivity index is 2.87. The molecule has 2 atom stereocenters. The summed E-state index contributed by atoms with van der Waals surface area (Å²) in [6.07, 6.45) is -0.605. The number of ether oxygens (including phenoxy) is 1. The van der Waals surface area contributed by atoms with Crippen LogP contribution < -0.4 is 0 Å². The third kappa shape index (κ3) is 3.59. The number of aliphatic carboxylic acids is 1. The Kier molecular flexibility index (Phi) is 3.98. The van der Waals surface area contributed by atoms with Gasteiger partial charge in [-0.1, -0.05) is 0 Å². The van der Waals surface area contributed by atoms with E-state index in [0.717, 1.165) is 4.90 Å². The second kappa shape index (κ2) is 4.91. The van der Waals surface area contributed by atoms with Crippen molar-refractivity contribution in [2.24, 2.45) is 0 Å². The third-order valence-electron chi connectivity index (χ3n) is 2.58. The van der Waals surface area contributed by atoms with Crippen LogP contribution in [0.4, 0.5) is 4.79 Å². The van der Waals surface area contributed by atoms with Gasteiger partial charge in [0, 0.05) is 6.54 Å². The van der Waals surface area contributed by atoms with Crippen molar-refractivity contribution < 1.29 is 24.5 Å². The summed E-state index contributed by atoms with van der Waals surface area (Å²) in [5, 5.41) is 18.1. The topological polar surface area (TPSA) is 87.1 Å². The van der Waals surface area contributed by atoms with E-state index in [1.54, 1.807) is 0 Å². The Morgan fingerprint density at radius 3 is 2.29 bits per heavy atom. The molecular weight excluding hydrogens is 226 g/mol. The highest BCUT2D eigenvalue weighted by molar-refractivity contribution is 5.80. The van der Waals surface area contributed by atoms with Crippen molar-refractivity contribution >= 4 is 12.1 Å². The number of hydrogen-bond acceptors (Lipinski definition) is 3. The van der Waals surface area contributed by atoms with Crippen LogP contribution in [0.5, 0.6) is 0 Å². The summed E-state index contributed by atoms with van der Waals surface area (Å²) in [6.45, 7) is 5.72. The van der Waals surface area contributed by atoms with Crippen molar-refractivity contribution in [3.8, 4) is 0 Å². The first kappa shape index (κ1) is 13.8. The summed E-state index contributed by atoms with van der Waals surface area (Å²) in [5.74, 6) is -1.15. The Hall–Kier alpha value is -1.30. The highest BCUT2D eigenvalue weighted by Gasteiger charge is 2.41. The number of hydrogen-bond donors (Lipinski definition) is 2. The first-order valence-corrected chi connectivity index (χ1v) is 5.62. The van der Waals surface area contributed by atoms with E-state index in [-0.39, 0.29) is 6.54 Å². The number of nitrogens with zero attached hydrogens (tertiary/aromatic N) is 1. The molecule has 17 heavy (non-hydrogen) atoms. The predicted molar refractivity (Wildman–Crippen MR) is 60.0 cm³/mol. The maximum absolute atomic E-state index is 11.2. The van der Waals surface area contributed by atoms with E-state index >= 15 is 0 Å². The fourth-order valence-electron chi connectivity index (χ4n) is 2.04. The molecule has 0 spiro atoms. The number of rotatable bonds is 2. The molecule has 0 aromatic rings. The van der Waals surface area contributed by atoms with Crippen molar-refractivity contribution in [1.29, 1.82) is 0 Å². The molecule has 0 aromatic heterocycles. The number of piperidine rings is 1. The van der Waals surface area contributed by atoms with Crippen molar-refractivity contribution in [3.63, 3.8) is 0 Å². The molecule has 1 saturated heterocycles. The van der Waals surface area contributed by atoms with Gasteiger partial charge in [-0.25, -0.2) is 9.59 Å². The molecule has 1 amide bonds. The number of likely N-dealkylation sites (tertiary alicyclic amines) is 1. The molecule has 1 heterocycles. The second-order valence-corrected chi connectivity index (χ2v) is 5.17. The lowest BCUT2D eigenvalue weighted by atomic mass is 9.98. The van der Waals surface area contributed by atoms with Crippen LogP contribution in [0.15, 0.2) is 0 Å². The van der Waals surface area contributed by atoms with Crippen molar-refractivity contribution in [3.05, 3.63) is 0 Å². The zero-order valence-electron chi connectivity index (χ0n) is 10.3. The normalized spacial score (nSPS) is 25.7. The largest absolute Gasteiger partial charge is 0.480 e. The Morgan fingerprint density at radius 1 is 1.29 bits per heavy atom. The van der Waals surface area contributed by atoms with Crippen LogP contribution in [0, 0.1) is 0 Å². The molecule has 1 aliphatic heterocycles. The summed E-state index contributed by atoms with van der Waals surface area (Å²) < 4.78 is 5.65. The van der Waals surface area contributed by atoms with Crippen LogP contribution in [0.25, 0.3) is 0 Å². The maximum atomic E-state index is 11.2. The lowest BCUT2D eigenvalue weighted by molar-refractivity contribution is -0.159. The van der Waals surface area contributed by atoms with Crippen LogP contribution in [-0.2, 0) is 9.53 Å². The van der Waals surface area contributed by atoms with E-state index in [1.807, 2.05) is 20.8 Å². The predicted octanol–water partition coefficient (Wildman–Crippen LogP) is 1.40. The van der Waals surface area contributed by atoms with Crippen LogP contribution in [-0.4, -0.2) is 51.5 Å². The number of carboxylic acid groups (broad SMARTS) is 2. The van der Waals surface area contributed by atoms with Gasteiger partial charge in [0.05, 0.1) is 11.7 Å². The molecular formula is C11H19NO5. The quantitative estimate of drug-likeness (QED) is 0.767. The van der Waals surface area contributed by atoms with Gasteiger partial charge in [0.25, 0.3) is 0 Å². The molecule has 0 saturated carbocycles. The van der Waals surface area contributed by atoms with Crippen LogP contribution in [0.2, 0.25) is 0 Å². The molecule has 0 radical (unpaired) electrons. The van der Waals surface area contributed by atoms with Gasteiger partial charge >= 0.3 is 12.1 Å². The molecule has 1 aliphatic rings. The van der Waals surface area contributed by atoms with Gasteiger partial charge in [0.1, 0.15) is 0 Å². The Labute approximate surface area is 100 Å². The molecule has 6 heteroatoms. The van der Waals surface area contributed by atoms with E-state index < -0.39 is 29.8 Å². The highest BCUT2D eigenvalue weighted by atomic mass is 16.5. The van der Waals surface area contributed by atoms with Gasteiger partial charge in [0.2, 0.25) is 0 Å². The second-order valence-electron chi connectivity index (χ2n) is 5.17. The number of carboxylic acids is 1. The fourth-order valence-corrected chi connectivity index (χ4v) is 2.04. The van der Waals surface area contributed by atoms with Crippen molar-refractivity contribution in [1.82, 2.24) is 4.90 Å². The first-order valence-electron chi connectivity index (χ1n) is 5.62. The molecule has 0 unspecified atom stereocenters. The molecule has 1 rings (SSSR count). The number of amides is 1. The van der Waals surface area contributed by atoms with E-state index in [2.05, 4.69) is 0 Å². The van der Waals surface area contributed by atoms with Gasteiger partial charge < -0.3 is 14.9 Å². The van der Waals surface area contributed by atoms with E-state index in [0.29, 0.717) is 12.8 Å². The lowest BCUT2D eigenvalue weighted by Gasteiger charge is -2.39. The summed E-state index contributed by atoms with van der Waals surface area (Å²) in [6, 6.07) is -1.11. The van der Waals surface area contributed by atoms with Crippen LogP contribution in [0.3, 0.4) is 0 Å². The van der Waals surface area contributed by atoms with Gasteiger partial charge in [-0.2, -0.15) is 0 Å². The highest BCUT2D eigenvalue weighted by Crippen LogP contribution is 2.25. The van der Waals surface area contributed by atoms with Gasteiger partial charge in [0.15, 0.2) is 6.04 Å². The standard InChI is InChI=1S/C11H19NO5/c1-11(2,3)17-7-5-4-6-12(10(15)16)8(7)9(13)14/h7-8H,4-6H2,1-3H3,(H,13,14)(H,15,16)/t7-,8+/m0/s1. The average Bonchev–Trinajstić information content (AvgIpc) is 2.14. The first-order chi connectivity index (χ1) is 7.72. The molecule has 1 fully saturated rings. The minimum Gasteiger partial charge on any atom is -0.480 e. The summed E-state index contributed by atoms with van der Waals surface area (Å²) in [4.78, 5) is 23.1.